The minimum atomic E-state index is -0.873. The van der Waals surface area contributed by atoms with Crippen molar-refractivity contribution in [1.29, 1.82) is 0 Å². The molecule has 278 valence electrons. The van der Waals surface area contributed by atoms with Crippen molar-refractivity contribution in [2.45, 2.75) is 38.3 Å². The van der Waals surface area contributed by atoms with E-state index in [1.165, 1.54) is 0 Å². The van der Waals surface area contributed by atoms with Crippen LogP contribution in [0.5, 0.6) is 5.75 Å². The van der Waals surface area contributed by atoms with Gasteiger partial charge in [0.2, 0.25) is 17.7 Å². The van der Waals surface area contributed by atoms with Crippen LogP contribution >= 0.6 is 0 Å². The number of aromatic hydroxyl groups is 1. The highest BCUT2D eigenvalue weighted by atomic mass is 16.3. The van der Waals surface area contributed by atoms with Gasteiger partial charge >= 0.3 is 0 Å². The molecule has 0 spiro atoms. The smallest absolute Gasteiger partial charge is 0.246 e. The predicted octanol–water partition coefficient (Wildman–Crippen LogP) is 1.65. The molecule has 0 bridgehead atoms. The molecule has 2 saturated heterocycles. The zero-order chi connectivity index (χ0) is 37.3. The average Bonchev–Trinajstić information content (AvgIpc) is 3.57. The van der Waals surface area contributed by atoms with Gasteiger partial charge in [-0.1, -0.05) is 72.5 Å². The van der Waals surface area contributed by atoms with Crippen molar-refractivity contribution in [3.8, 4) is 5.75 Å². The zero-order valence-corrected chi connectivity index (χ0v) is 30.2. The first-order valence-electron chi connectivity index (χ1n) is 17.9. The standard InChI is InChI=1S/C39H48N10O4/c1-4-17-40-24-36(51)49-34(22-29-13-15-32(50)16-14-29)39(53)47(26-35(49)42-28(2)41-23-30-9-6-5-7-10-30)25-31-11-8-12-33-38(31)43-44-48(33)27-37(52)46-20-18-45(3)19-21-46/h4-16,34-35,40-42,50H,1-2,17-27H2,3H3/t34-,35+/m0/s1. The fourth-order valence-corrected chi connectivity index (χ4v) is 6.79. The summed E-state index contributed by atoms with van der Waals surface area (Å²) in [6, 6.07) is 21.4. The minimum absolute atomic E-state index is 0.00272. The minimum Gasteiger partial charge on any atom is -0.508 e. The van der Waals surface area contributed by atoms with Gasteiger partial charge in [-0.15, -0.1) is 11.7 Å². The third-order valence-corrected chi connectivity index (χ3v) is 9.70. The van der Waals surface area contributed by atoms with Gasteiger partial charge in [-0.3, -0.25) is 14.4 Å². The molecule has 1 aromatic heterocycles. The molecule has 4 aromatic rings. The molecule has 4 N–H and O–H groups in total. The number of nitrogens with one attached hydrogen (secondary N) is 3. The maximum atomic E-state index is 14.6. The van der Waals surface area contributed by atoms with Gasteiger partial charge in [-0.25, -0.2) is 4.68 Å². The molecule has 53 heavy (non-hydrogen) atoms. The largest absolute Gasteiger partial charge is 0.508 e. The van der Waals surface area contributed by atoms with E-state index in [4.69, 9.17) is 0 Å². The van der Waals surface area contributed by atoms with Crippen LogP contribution in [0.1, 0.15) is 16.7 Å². The molecule has 0 aliphatic carbocycles. The van der Waals surface area contributed by atoms with E-state index < -0.39 is 12.2 Å². The SMILES string of the molecule is C=CCNCC(=O)N1[C@@H](NC(=C)NCc2ccccc2)CN(Cc2cccc3c2nnn3CC(=O)N2CCN(C)CC2)C(=O)[C@@H]1Cc1ccc(O)cc1. The molecule has 6 rings (SSSR count). The number of benzene rings is 3. The Morgan fingerprint density at radius 1 is 0.962 bits per heavy atom. The summed E-state index contributed by atoms with van der Waals surface area (Å²) in [6.07, 6.45) is 1.26. The van der Waals surface area contributed by atoms with Gasteiger partial charge in [0.15, 0.2) is 0 Å². The van der Waals surface area contributed by atoms with Crippen LogP contribution in [0.2, 0.25) is 0 Å². The fraction of sp³-hybridized carbons (Fsp3) is 0.359. The Kier molecular flexibility index (Phi) is 12.0. The first kappa shape index (κ1) is 37.0. The summed E-state index contributed by atoms with van der Waals surface area (Å²) in [4.78, 5) is 49.1. The van der Waals surface area contributed by atoms with Crippen LogP contribution in [-0.2, 0) is 40.4 Å². The van der Waals surface area contributed by atoms with Crippen LogP contribution in [0, 0.1) is 0 Å². The number of carbonyl (C=O) groups excluding carboxylic acids is 3. The van der Waals surface area contributed by atoms with Crippen molar-refractivity contribution in [2.24, 2.45) is 0 Å². The summed E-state index contributed by atoms with van der Waals surface area (Å²) >= 11 is 0. The van der Waals surface area contributed by atoms with Crippen molar-refractivity contribution < 1.29 is 19.5 Å². The lowest BCUT2D eigenvalue weighted by molar-refractivity contribution is -0.157. The van der Waals surface area contributed by atoms with E-state index in [-0.39, 0.29) is 56.1 Å². The number of fused-ring (bicyclic) bond motifs is 1. The van der Waals surface area contributed by atoms with E-state index in [9.17, 15) is 19.5 Å². The van der Waals surface area contributed by atoms with Crippen molar-refractivity contribution >= 4 is 28.8 Å². The van der Waals surface area contributed by atoms with Crippen molar-refractivity contribution in [3.05, 3.63) is 115 Å². The Hall–Kier alpha value is -5.73. The van der Waals surface area contributed by atoms with Gasteiger partial charge < -0.3 is 40.7 Å². The van der Waals surface area contributed by atoms with E-state index >= 15 is 0 Å². The number of hydrogen-bond donors (Lipinski definition) is 4. The molecule has 0 saturated carbocycles. The maximum Gasteiger partial charge on any atom is 0.246 e. The molecule has 0 unspecified atom stereocenters. The molecular weight excluding hydrogens is 672 g/mol. The lowest BCUT2D eigenvalue weighted by Gasteiger charge is -2.47. The van der Waals surface area contributed by atoms with Crippen molar-refractivity contribution in [3.63, 3.8) is 0 Å². The van der Waals surface area contributed by atoms with Gasteiger partial charge in [-0.05, 0) is 36.4 Å². The Bertz CT molecular complexity index is 1910. The molecule has 14 nitrogen and oxygen atoms in total. The number of phenolic OH excluding ortho intramolecular Hbond substituents is 1. The molecule has 3 amide bonds. The molecule has 2 atom stereocenters. The fourth-order valence-electron chi connectivity index (χ4n) is 6.79. The monoisotopic (exact) mass is 720 g/mol. The average molecular weight is 721 g/mol. The molecule has 14 heteroatoms. The number of amides is 3. The van der Waals surface area contributed by atoms with Crippen molar-refractivity contribution in [2.75, 3.05) is 52.9 Å². The second-order valence-corrected chi connectivity index (χ2v) is 13.5. The number of phenols is 1. The maximum absolute atomic E-state index is 14.6. The summed E-state index contributed by atoms with van der Waals surface area (Å²) in [5, 5.41) is 28.6. The Morgan fingerprint density at radius 3 is 2.45 bits per heavy atom. The Labute approximate surface area is 309 Å². The second kappa shape index (κ2) is 17.2. The number of aromatic nitrogens is 3. The number of piperazine rings is 2. The quantitative estimate of drug-likeness (QED) is 0.106. The van der Waals surface area contributed by atoms with E-state index in [2.05, 4.69) is 44.3 Å². The molecule has 3 heterocycles. The lowest BCUT2D eigenvalue weighted by atomic mass is 9.98. The highest BCUT2D eigenvalue weighted by molar-refractivity contribution is 5.91. The summed E-state index contributed by atoms with van der Waals surface area (Å²) in [7, 11) is 2.05. The summed E-state index contributed by atoms with van der Waals surface area (Å²) in [6.45, 7) is 12.3. The van der Waals surface area contributed by atoms with Gasteiger partial charge in [0, 0.05) is 57.8 Å². The number of carbonyl (C=O) groups is 3. The second-order valence-electron chi connectivity index (χ2n) is 13.5. The molecular formula is C39H48N10O4. The van der Waals surface area contributed by atoms with E-state index in [0.29, 0.717) is 43.0 Å². The summed E-state index contributed by atoms with van der Waals surface area (Å²) < 4.78 is 1.62. The molecule has 2 fully saturated rings. The van der Waals surface area contributed by atoms with Crippen LogP contribution in [0.15, 0.2) is 97.9 Å². The van der Waals surface area contributed by atoms with Gasteiger partial charge in [0.1, 0.15) is 30.0 Å². The Balaban J connectivity index is 1.27. The summed E-state index contributed by atoms with van der Waals surface area (Å²) in [5.74, 6) is 0.112. The van der Waals surface area contributed by atoms with E-state index in [1.807, 2.05) is 60.5 Å². The van der Waals surface area contributed by atoms with E-state index in [1.54, 1.807) is 44.8 Å². The van der Waals surface area contributed by atoms with Gasteiger partial charge in [0.25, 0.3) is 0 Å². The van der Waals surface area contributed by atoms with Gasteiger partial charge in [-0.2, -0.15) is 0 Å². The number of likely N-dealkylation sites (N-methyl/N-ethyl adjacent to an activating group) is 1. The third-order valence-electron chi connectivity index (χ3n) is 9.70. The number of nitrogens with zero attached hydrogens (tertiary/aromatic N) is 7. The van der Waals surface area contributed by atoms with Crippen LogP contribution in [-0.4, -0.2) is 122 Å². The van der Waals surface area contributed by atoms with Crippen LogP contribution in [0.25, 0.3) is 11.0 Å². The topological polar surface area (TPSA) is 151 Å². The Morgan fingerprint density at radius 2 is 1.72 bits per heavy atom. The number of rotatable bonds is 15. The van der Waals surface area contributed by atoms with Crippen LogP contribution in [0.3, 0.4) is 0 Å². The molecule has 3 aromatic carbocycles. The van der Waals surface area contributed by atoms with E-state index in [0.717, 1.165) is 29.8 Å². The highest BCUT2D eigenvalue weighted by Crippen LogP contribution is 2.26. The first-order chi connectivity index (χ1) is 25.7. The summed E-state index contributed by atoms with van der Waals surface area (Å²) in [5.41, 5.74) is 3.92. The normalized spacial score (nSPS) is 17.9. The zero-order valence-electron chi connectivity index (χ0n) is 30.2. The van der Waals surface area contributed by atoms with Gasteiger partial charge in [0.05, 0.1) is 24.4 Å². The third kappa shape index (κ3) is 9.20. The molecule has 2 aliphatic rings. The predicted molar refractivity (Wildman–Crippen MR) is 202 cm³/mol. The lowest BCUT2D eigenvalue weighted by Crippen LogP contribution is -2.68. The highest BCUT2D eigenvalue weighted by Gasteiger charge is 2.43. The number of hydrogen-bond acceptors (Lipinski definition) is 10. The van der Waals surface area contributed by atoms with Crippen LogP contribution < -0.4 is 16.0 Å². The van der Waals surface area contributed by atoms with Crippen LogP contribution in [0.4, 0.5) is 0 Å². The molecule has 0 radical (unpaired) electrons. The first-order valence-corrected chi connectivity index (χ1v) is 17.9. The van der Waals surface area contributed by atoms with Crippen molar-refractivity contribution in [1.82, 2.24) is 50.5 Å². The molecule has 2 aliphatic heterocycles.